The molecule has 0 aliphatic heterocycles. The molecule has 0 fully saturated rings. The zero-order chi connectivity index (χ0) is 11.8. The number of nitrogens with zero attached hydrogens (tertiary/aromatic N) is 2. The van der Waals surface area contributed by atoms with Gasteiger partial charge in [0.15, 0.2) is 0 Å². The van der Waals surface area contributed by atoms with Crippen molar-refractivity contribution in [3.05, 3.63) is 0 Å². The normalized spacial score (nSPS) is 11.9. The molecule has 0 heterocycles. The van der Waals surface area contributed by atoms with E-state index in [9.17, 15) is 0 Å². The van der Waals surface area contributed by atoms with E-state index >= 15 is 0 Å². The van der Waals surface area contributed by atoms with Crippen LogP contribution in [0, 0.1) is 5.41 Å². The van der Waals surface area contributed by atoms with Gasteiger partial charge in [-0.1, -0.05) is 13.8 Å². The van der Waals surface area contributed by atoms with Crippen molar-refractivity contribution in [2.75, 3.05) is 41.3 Å². The minimum absolute atomic E-state index is 0.106. The summed E-state index contributed by atoms with van der Waals surface area (Å²) in [6.45, 7) is 6.89. The summed E-state index contributed by atoms with van der Waals surface area (Å²) < 4.78 is 0. The Morgan fingerprint density at radius 2 is 1.14 bits per heavy atom. The van der Waals surface area contributed by atoms with Crippen molar-refractivity contribution >= 4 is 19.1 Å². The predicted molar refractivity (Wildman–Crippen MR) is 62.6 cm³/mol. The fraction of sp³-hybridized carbons (Fsp3) is 1.00. The maximum absolute atomic E-state index is 4.81. The van der Waals surface area contributed by atoms with Crippen LogP contribution in [0.15, 0.2) is 0 Å². The average Bonchev–Trinajstić information content (AvgIpc) is 1.80. The molecule has 0 aromatic carbocycles. The molecule has 0 saturated carbocycles. The third-order valence-electron chi connectivity index (χ3n) is 1.49. The Morgan fingerprint density at radius 1 is 0.929 bits per heavy atom. The second-order valence-electron chi connectivity index (χ2n) is 4.68. The van der Waals surface area contributed by atoms with Gasteiger partial charge in [-0.15, -0.1) is 0 Å². The summed E-state index contributed by atoms with van der Waals surface area (Å²) in [6.07, 6.45) is 0. The topological polar surface area (TPSA) is 6.48 Å². The van der Waals surface area contributed by atoms with Crippen LogP contribution < -0.4 is 0 Å². The van der Waals surface area contributed by atoms with Gasteiger partial charge >= 0.3 is 35.0 Å². The van der Waals surface area contributed by atoms with Gasteiger partial charge in [0.2, 0.25) is 0 Å². The van der Waals surface area contributed by atoms with Crippen LogP contribution in [0.1, 0.15) is 13.8 Å². The monoisotopic (exact) mass is 334 g/mol. The number of hydrogen-bond donors (Lipinski definition) is 0. The first-order valence-corrected chi connectivity index (χ1v) is 8.37. The molecule has 0 amide bonds. The average molecular weight is 336 g/mol. The van der Waals surface area contributed by atoms with Crippen molar-refractivity contribution in [1.29, 1.82) is 0 Å². The summed E-state index contributed by atoms with van der Waals surface area (Å²) in [5.74, 6) is 0. The molecule has 92 valence electrons. The Labute approximate surface area is 105 Å². The van der Waals surface area contributed by atoms with E-state index in [1.54, 1.807) is 0 Å². The van der Waals surface area contributed by atoms with Gasteiger partial charge in [0, 0.05) is 13.1 Å². The molecule has 0 unspecified atom stereocenters. The first-order chi connectivity index (χ1) is 6.25. The summed E-state index contributed by atoms with van der Waals surface area (Å²) >= 11 is -0.106. The first kappa shape index (κ1) is 17.6. The molecule has 0 atom stereocenters. The summed E-state index contributed by atoms with van der Waals surface area (Å²) in [5, 5.41) is 0. The van der Waals surface area contributed by atoms with Gasteiger partial charge in [-0.25, -0.2) is 0 Å². The van der Waals surface area contributed by atoms with Crippen LogP contribution in [0.4, 0.5) is 0 Å². The van der Waals surface area contributed by atoms with Crippen molar-refractivity contribution < 1.29 is 15.9 Å². The molecular weight excluding hydrogens is 313 g/mol. The van der Waals surface area contributed by atoms with Gasteiger partial charge in [0.25, 0.3) is 0 Å². The van der Waals surface area contributed by atoms with Crippen molar-refractivity contribution in [2.45, 2.75) is 13.8 Å². The second-order valence-corrected chi connectivity index (χ2v) is 7.05. The maximum atomic E-state index is 4.81. The van der Waals surface area contributed by atoms with Crippen LogP contribution in [0.5, 0.6) is 0 Å². The summed E-state index contributed by atoms with van der Waals surface area (Å²) in [6, 6.07) is 0. The molecule has 0 aromatic heterocycles. The Hall–Kier alpha value is 1.16. The van der Waals surface area contributed by atoms with E-state index in [0.29, 0.717) is 5.41 Å². The Bertz CT molecular complexity index is 118. The SMILES string of the molecule is CN(C)CC(C)(C)CN(C)C.[Cl][Pd][Cl]. The van der Waals surface area contributed by atoms with Crippen molar-refractivity contribution in [1.82, 2.24) is 9.80 Å². The zero-order valence-electron chi connectivity index (χ0n) is 9.88. The third kappa shape index (κ3) is 15.6. The molecule has 14 heavy (non-hydrogen) atoms. The van der Waals surface area contributed by atoms with Crippen LogP contribution in [-0.2, 0) is 15.9 Å². The van der Waals surface area contributed by atoms with E-state index in [2.05, 4.69) is 51.8 Å². The van der Waals surface area contributed by atoms with Gasteiger partial charge in [-0.3, -0.25) is 0 Å². The Kier molecular flexibility index (Phi) is 11.8. The summed E-state index contributed by atoms with van der Waals surface area (Å²) in [7, 11) is 18.1. The van der Waals surface area contributed by atoms with Crippen molar-refractivity contribution in [3.8, 4) is 0 Å². The summed E-state index contributed by atoms with van der Waals surface area (Å²) in [5.41, 5.74) is 0.396. The quantitative estimate of drug-likeness (QED) is 0.729. The van der Waals surface area contributed by atoms with E-state index in [1.165, 1.54) is 0 Å². The van der Waals surface area contributed by atoms with Gasteiger partial charge in [0.1, 0.15) is 0 Å². The molecule has 0 radical (unpaired) electrons. The molecule has 2 nitrogen and oxygen atoms in total. The summed E-state index contributed by atoms with van der Waals surface area (Å²) in [4.78, 5) is 4.48. The minimum atomic E-state index is -0.106. The van der Waals surface area contributed by atoms with Gasteiger partial charge in [0.05, 0.1) is 0 Å². The molecular formula is C9H22Cl2N2Pd. The fourth-order valence-electron chi connectivity index (χ4n) is 1.76. The molecule has 0 bridgehead atoms. The molecule has 0 N–H and O–H groups in total. The van der Waals surface area contributed by atoms with E-state index < -0.39 is 0 Å². The van der Waals surface area contributed by atoms with E-state index in [1.807, 2.05) is 0 Å². The first-order valence-electron chi connectivity index (χ1n) is 4.37. The molecule has 0 aromatic rings. The molecule has 0 rings (SSSR count). The third-order valence-corrected chi connectivity index (χ3v) is 1.49. The van der Waals surface area contributed by atoms with Crippen molar-refractivity contribution in [3.63, 3.8) is 0 Å². The van der Waals surface area contributed by atoms with Gasteiger partial charge < -0.3 is 9.80 Å². The van der Waals surface area contributed by atoms with Crippen molar-refractivity contribution in [2.24, 2.45) is 5.41 Å². The molecule has 0 aliphatic carbocycles. The van der Waals surface area contributed by atoms with E-state index in [4.69, 9.17) is 19.1 Å². The van der Waals surface area contributed by atoms with E-state index in [-0.39, 0.29) is 15.9 Å². The Morgan fingerprint density at radius 3 is 1.29 bits per heavy atom. The predicted octanol–water partition coefficient (Wildman–Crippen LogP) is 2.51. The molecule has 5 heteroatoms. The zero-order valence-corrected chi connectivity index (χ0v) is 12.9. The van der Waals surface area contributed by atoms with Crippen LogP contribution in [0.25, 0.3) is 0 Å². The van der Waals surface area contributed by atoms with Crippen LogP contribution >= 0.6 is 19.1 Å². The molecule has 0 spiro atoms. The van der Waals surface area contributed by atoms with Gasteiger partial charge in [-0.2, -0.15) is 0 Å². The molecule has 0 aliphatic rings. The molecule has 0 saturated heterocycles. The van der Waals surface area contributed by atoms with Gasteiger partial charge in [-0.05, 0) is 33.6 Å². The van der Waals surface area contributed by atoms with Crippen LogP contribution in [0.3, 0.4) is 0 Å². The Balaban J connectivity index is 0. The standard InChI is InChI=1S/C9H22N2.2ClH.Pd/c1-9(2,7-10(3)4)8-11(5)6;;;/h7-8H2,1-6H3;2*1H;/q;;;+2/p-2. The van der Waals surface area contributed by atoms with Crippen LogP contribution in [-0.4, -0.2) is 51.1 Å². The number of hydrogen-bond acceptors (Lipinski definition) is 2. The second kappa shape index (κ2) is 9.39. The fourth-order valence-corrected chi connectivity index (χ4v) is 1.76. The van der Waals surface area contributed by atoms with E-state index in [0.717, 1.165) is 13.1 Å². The van der Waals surface area contributed by atoms with Crippen LogP contribution in [0.2, 0.25) is 0 Å². The number of halogens is 2. The number of rotatable bonds is 4.